The summed E-state index contributed by atoms with van der Waals surface area (Å²) in [6.07, 6.45) is 5.50. The number of hydrogen-bond donors (Lipinski definition) is 2. The van der Waals surface area contributed by atoms with Crippen LogP contribution in [0.2, 0.25) is 0 Å². The zero-order valence-electron chi connectivity index (χ0n) is 15.8. The van der Waals surface area contributed by atoms with Gasteiger partial charge >= 0.3 is 0 Å². The summed E-state index contributed by atoms with van der Waals surface area (Å²) in [5, 5.41) is 6.23. The first-order chi connectivity index (χ1) is 12.1. The average Bonchev–Trinajstić information content (AvgIpc) is 2.60. The van der Waals surface area contributed by atoms with Gasteiger partial charge in [-0.15, -0.1) is 0 Å². The van der Waals surface area contributed by atoms with E-state index in [0.717, 1.165) is 57.2 Å². The molecule has 1 aliphatic heterocycles. The second-order valence-corrected chi connectivity index (χ2v) is 6.94. The monoisotopic (exact) mass is 348 g/mol. The molecule has 0 saturated carbocycles. The second-order valence-electron chi connectivity index (χ2n) is 6.94. The Morgan fingerprint density at radius 3 is 3.00 bits per heavy atom. The number of nitrogens with one attached hydrogen (secondary N) is 2. The predicted molar refractivity (Wildman–Crippen MR) is 102 cm³/mol. The number of aromatic nitrogens is 2. The number of likely N-dealkylation sites (N-methyl/N-ethyl adjacent to an activating group) is 1. The molecule has 0 spiro atoms. The first-order valence-electron chi connectivity index (χ1n) is 9.30. The molecule has 1 aliphatic rings. The molecular weight excluding hydrogens is 316 g/mol. The summed E-state index contributed by atoms with van der Waals surface area (Å²) >= 11 is 0. The lowest BCUT2D eigenvalue weighted by molar-refractivity contribution is -0.121. The Bertz CT molecular complexity index is 536. The van der Waals surface area contributed by atoms with Crippen LogP contribution in [-0.2, 0) is 4.79 Å². The average molecular weight is 348 g/mol. The lowest BCUT2D eigenvalue weighted by Crippen LogP contribution is -2.37. The van der Waals surface area contributed by atoms with Crippen molar-refractivity contribution in [3.63, 3.8) is 0 Å². The smallest absolute Gasteiger partial charge is 0.220 e. The van der Waals surface area contributed by atoms with E-state index in [2.05, 4.69) is 37.3 Å². The Labute approximate surface area is 151 Å². The van der Waals surface area contributed by atoms with Crippen LogP contribution in [0.15, 0.2) is 12.4 Å². The molecule has 1 atom stereocenters. The van der Waals surface area contributed by atoms with Crippen molar-refractivity contribution in [2.24, 2.45) is 5.92 Å². The molecule has 0 aromatic carbocycles. The van der Waals surface area contributed by atoms with Crippen molar-refractivity contribution in [2.75, 3.05) is 57.0 Å². The van der Waals surface area contributed by atoms with Gasteiger partial charge in [0.05, 0.1) is 0 Å². The highest BCUT2D eigenvalue weighted by atomic mass is 16.1. The molecule has 25 heavy (non-hydrogen) atoms. The standard InChI is InChI=1S/C18H32N6O/c1-4-19-16-12-17(22-14-21-16)24-10-5-6-15(13-24)7-8-18(25)20-9-11-23(2)3/h12,14-15H,4-11,13H2,1-3H3,(H,20,25)(H,19,21,22). The normalized spacial score (nSPS) is 17.6. The van der Waals surface area contributed by atoms with E-state index < -0.39 is 0 Å². The molecular formula is C18H32N6O. The van der Waals surface area contributed by atoms with E-state index in [-0.39, 0.29) is 5.91 Å². The van der Waals surface area contributed by atoms with Gasteiger partial charge in [0.2, 0.25) is 5.91 Å². The summed E-state index contributed by atoms with van der Waals surface area (Å²) in [7, 11) is 4.02. The summed E-state index contributed by atoms with van der Waals surface area (Å²) in [5.41, 5.74) is 0. The molecule has 2 rings (SSSR count). The van der Waals surface area contributed by atoms with Gasteiger partial charge in [0.25, 0.3) is 0 Å². The molecule has 0 bridgehead atoms. The van der Waals surface area contributed by atoms with E-state index in [1.807, 2.05) is 20.2 Å². The zero-order valence-corrected chi connectivity index (χ0v) is 15.8. The van der Waals surface area contributed by atoms with Crippen molar-refractivity contribution in [3.05, 3.63) is 12.4 Å². The number of carbonyl (C=O) groups excluding carboxylic acids is 1. The minimum absolute atomic E-state index is 0.162. The molecule has 140 valence electrons. The molecule has 0 aliphatic carbocycles. The lowest BCUT2D eigenvalue weighted by Gasteiger charge is -2.33. The first-order valence-corrected chi connectivity index (χ1v) is 9.30. The van der Waals surface area contributed by atoms with E-state index in [4.69, 9.17) is 0 Å². The van der Waals surface area contributed by atoms with Gasteiger partial charge in [-0.3, -0.25) is 4.79 Å². The third-order valence-corrected chi connectivity index (χ3v) is 4.51. The van der Waals surface area contributed by atoms with Gasteiger partial charge in [-0.2, -0.15) is 0 Å². The molecule has 0 radical (unpaired) electrons. The molecule has 7 heteroatoms. The SMILES string of the molecule is CCNc1cc(N2CCCC(CCC(=O)NCCN(C)C)C2)ncn1. The number of nitrogens with zero attached hydrogens (tertiary/aromatic N) is 4. The third kappa shape index (κ3) is 6.86. The maximum absolute atomic E-state index is 12.0. The van der Waals surface area contributed by atoms with Crippen molar-refractivity contribution in [1.82, 2.24) is 20.2 Å². The molecule has 1 saturated heterocycles. The van der Waals surface area contributed by atoms with Crippen LogP contribution in [0.5, 0.6) is 0 Å². The second kappa shape index (κ2) is 10.2. The van der Waals surface area contributed by atoms with E-state index in [9.17, 15) is 4.79 Å². The topological polar surface area (TPSA) is 73.4 Å². The highest BCUT2D eigenvalue weighted by Gasteiger charge is 2.21. The summed E-state index contributed by atoms with van der Waals surface area (Å²) in [4.78, 5) is 25.0. The highest BCUT2D eigenvalue weighted by molar-refractivity contribution is 5.75. The molecule has 1 unspecified atom stereocenters. The Morgan fingerprint density at radius 1 is 1.40 bits per heavy atom. The van der Waals surface area contributed by atoms with Crippen LogP contribution in [0.4, 0.5) is 11.6 Å². The number of rotatable bonds is 9. The number of hydrogen-bond acceptors (Lipinski definition) is 6. The molecule has 1 aromatic rings. The van der Waals surface area contributed by atoms with Gasteiger partial charge in [0.15, 0.2) is 0 Å². The first kappa shape index (κ1) is 19.4. The van der Waals surface area contributed by atoms with Gasteiger partial charge in [-0.25, -0.2) is 9.97 Å². The van der Waals surface area contributed by atoms with E-state index in [1.54, 1.807) is 6.33 Å². The van der Waals surface area contributed by atoms with Crippen molar-refractivity contribution in [2.45, 2.75) is 32.6 Å². The lowest BCUT2D eigenvalue weighted by atomic mass is 9.93. The number of anilines is 2. The Kier molecular flexibility index (Phi) is 7.91. The van der Waals surface area contributed by atoms with Crippen LogP contribution < -0.4 is 15.5 Å². The Hall–Kier alpha value is -1.89. The summed E-state index contributed by atoms with van der Waals surface area (Å²) in [5.74, 6) is 2.56. The van der Waals surface area contributed by atoms with E-state index >= 15 is 0 Å². The Morgan fingerprint density at radius 2 is 2.24 bits per heavy atom. The molecule has 2 heterocycles. The number of piperidine rings is 1. The molecule has 1 aromatic heterocycles. The largest absolute Gasteiger partial charge is 0.370 e. The van der Waals surface area contributed by atoms with E-state index in [1.165, 1.54) is 6.42 Å². The minimum Gasteiger partial charge on any atom is -0.370 e. The Balaban J connectivity index is 1.78. The fourth-order valence-corrected chi connectivity index (χ4v) is 3.15. The zero-order chi connectivity index (χ0) is 18.1. The summed E-state index contributed by atoms with van der Waals surface area (Å²) in [6.45, 7) is 6.49. The van der Waals surface area contributed by atoms with Gasteiger partial charge < -0.3 is 20.4 Å². The van der Waals surface area contributed by atoms with Crippen LogP contribution in [-0.4, -0.2) is 67.6 Å². The van der Waals surface area contributed by atoms with Gasteiger partial charge in [-0.1, -0.05) is 0 Å². The van der Waals surface area contributed by atoms with Crippen LogP contribution in [0.3, 0.4) is 0 Å². The predicted octanol–water partition coefficient (Wildman–Crippen LogP) is 1.58. The molecule has 7 nitrogen and oxygen atoms in total. The van der Waals surface area contributed by atoms with Crippen molar-refractivity contribution < 1.29 is 4.79 Å². The molecule has 2 N–H and O–H groups in total. The van der Waals surface area contributed by atoms with Crippen molar-refractivity contribution >= 4 is 17.5 Å². The molecule has 1 amide bonds. The summed E-state index contributed by atoms with van der Waals surface area (Å²) in [6, 6.07) is 2.01. The fourth-order valence-electron chi connectivity index (χ4n) is 3.15. The number of amides is 1. The van der Waals surface area contributed by atoms with Gasteiger partial charge in [0, 0.05) is 45.2 Å². The van der Waals surface area contributed by atoms with Crippen LogP contribution in [0.1, 0.15) is 32.6 Å². The van der Waals surface area contributed by atoms with E-state index in [0.29, 0.717) is 12.3 Å². The highest BCUT2D eigenvalue weighted by Crippen LogP contribution is 2.25. The maximum Gasteiger partial charge on any atom is 0.220 e. The van der Waals surface area contributed by atoms with Crippen LogP contribution in [0.25, 0.3) is 0 Å². The van der Waals surface area contributed by atoms with Crippen molar-refractivity contribution in [3.8, 4) is 0 Å². The van der Waals surface area contributed by atoms with Crippen LogP contribution >= 0.6 is 0 Å². The third-order valence-electron chi connectivity index (χ3n) is 4.51. The summed E-state index contributed by atoms with van der Waals surface area (Å²) < 4.78 is 0. The maximum atomic E-state index is 12.0. The molecule has 1 fully saturated rings. The quantitative estimate of drug-likeness (QED) is 0.706. The van der Waals surface area contributed by atoms with Crippen LogP contribution in [0, 0.1) is 5.92 Å². The fraction of sp³-hybridized carbons (Fsp3) is 0.722. The minimum atomic E-state index is 0.162. The van der Waals surface area contributed by atoms with Gasteiger partial charge in [-0.05, 0) is 46.2 Å². The number of carbonyl (C=O) groups is 1. The van der Waals surface area contributed by atoms with Crippen molar-refractivity contribution in [1.29, 1.82) is 0 Å². The van der Waals surface area contributed by atoms with Gasteiger partial charge in [0.1, 0.15) is 18.0 Å².